The van der Waals surface area contributed by atoms with Gasteiger partial charge in [-0.15, -0.1) is 0 Å². The predicted molar refractivity (Wildman–Crippen MR) is 63.7 cm³/mol. The summed E-state index contributed by atoms with van der Waals surface area (Å²) in [6.07, 6.45) is 0.888. The van der Waals surface area contributed by atoms with Gasteiger partial charge in [-0.3, -0.25) is 0 Å². The Hall–Kier alpha value is -0.860. The molecule has 2 heterocycles. The van der Waals surface area contributed by atoms with Gasteiger partial charge in [-0.05, 0) is 12.8 Å². The van der Waals surface area contributed by atoms with Crippen molar-refractivity contribution in [1.29, 1.82) is 0 Å². The molecule has 0 aromatic carbocycles. The third kappa shape index (κ3) is 2.45. The maximum Gasteiger partial charge on any atom is 0.407 e. The van der Waals surface area contributed by atoms with Gasteiger partial charge < -0.3 is 15.1 Å². The SMILES string of the molecule is O=C(O)N1CC(CO)N2CC1CCCCS2(=O)=O. The number of carbonyl (C=O) groups is 1. The lowest BCUT2D eigenvalue weighted by molar-refractivity contribution is 0.0435. The highest BCUT2D eigenvalue weighted by molar-refractivity contribution is 7.89. The minimum atomic E-state index is -3.37. The van der Waals surface area contributed by atoms with Crippen LogP contribution in [0.2, 0.25) is 0 Å². The largest absolute Gasteiger partial charge is 0.465 e. The van der Waals surface area contributed by atoms with Crippen LogP contribution in [0.25, 0.3) is 0 Å². The van der Waals surface area contributed by atoms with Gasteiger partial charge in [-0.25, -0.2) is 13.2 Å². The second kappa shape index (κ2) is 5.02. The Morgan fingerprint density at radius 1 is 1.28 bits per heavy atom. The van der Waals surface area contributed by atoms with Crippen molar-refractivity contribution in [2.75, 3.05) is 25.4 Å². The zero-order valence-corrected chi connectivity index (χ0v) is 10.8. The maximum absolute atomic E-state index is 12.1. The quantitative estimate of drug-likeness (QED) is 0.675. The molecule has 2 bridgehead atoms. The Labute approximate surface area is 106 Å². The molecule has 0 aliphatic carbocycles. The van der Waals surface area contributed by atoms with Gasteiger partial charge in [0.1, 0.15) is 0 Å². The lowest BCUT2D eigenvalue weighted by Crippen LogP contribution is -2.62. The fraction of sp³-hybridized carbons (Fsp3) is 0.900. The first-order chi connectivity index (χ1) is 8.45. The number of carboxylic acid groups (broad SMARTS) is 1. The summed E-state index contributed by atoms with van der Waals surface area (Å²) in [5.41, 5.74) is 0. The summed E-state index contributed by atoms with van der Waals surface area (Å²) >= 11 is 0. The van der Waals surface area contributed by atoms with E-state index in [1.165, 1.54) is 9.21 Å². The van der Waals surface area contributed by atoms with Crippen LogP contribution in [-0.4, -0.2) is 71.5 Å². The lowest BCUT2D eigenvalue weighted by Gasteiger charge is -2.44. The van der Waals surface area contributed by atoms with Crippen LogP contribution in [-0.2, 0) is 10.0 Å². The summed E-state index contributed by atoms with van der Waals surface area (Å²) in [5.74, 6) is 0.0866. The van der Waals surface area contributed by atoms with Crippen LogP contribution >= 0.6 is 0 Å². The smallest absolute Gasteiger partial charge is 0.407 e. The average Bonchev–Trinajstić information content (AvgIpc) is 2.32. The summed E-state index contributed by atoms with van der Waals surface area (Å²) in [7, 11) is -3.37. The molecule has 7 nitrogen and oxygen atoms in total. The molecule has 8 heteroatoms. The van der Waals surface area contributed by atoms with Crippen molar-refractivity contribution in [3.63, 3.8) is 0 Å². The van der Waals surface area contributed by atoms with Crippen LogP contribution in [0.3, 0.4) is 0 Å². The number of rotatable bonds is 1. The molecule has 0 aromatic rings. The molecule has 3 atom stereocenters. The second-order valence-corrected chi connectivity index (χ2v) is 6.85. The lowest BCUT2D eigenvalue weighted by atomic mass is 10.0. The van der Waals surface area contributed by atoms with Crippen molar-refractivity contribution < 1.29 is 23.4 Å². The van der Waals surface area contributed by atoms with Gasteiger partial charge >= 0.3 is 6.09 Å². The standard InChI is InChI=1S/C10H18N2O5S/c13-7-9-5-11(10(14)15)8-3-1-2-4-18(16,17)12(9)6-8/h8-9,13H,1-7H2,(H,14,15). The minimum absolute atomic E-state index is 0.0513. The molecule has 2 aliphatic rings. The van der Waals surface area contributed by atoms with E-state index in [1.54, 1.807) is 0 Å². The number of hydrogen-bond donors (Lipinski definition) is 2. The number of sulfonamides is 1. The van der Waals surface area contributed by atoms with Crippen molar-refractivity contribution >= 4 is 16.1 Å². The number of amides is 1. The van der Waals surface area contributed by atoms with Gasteiger partial charge in [0.25, 0.3) is 0 Å². The Balaban J connectivity index is 2.29. The average molecular weight is 278 g/mol. The van der Waals surface area contributed by atoms with E-state index in [0.29, 0.717) is 19.3 Å². The summed E-state index contributed by atoms with van der Waals surface area (Å²) in [6.45, 7) is -0.134. The molecule has 18 heavy (non-hydrogen) atoms. The van der Waals surface area contributed by atoms with E-state index in [9.17, 15) is 18.3 Å². The molecule has 0 radical (unpaired) electrons. The van der Waals surface area contributed by atoms with Gasteiger partial charge in [-0.1, -0.05) is 6.42 Å². The molecule has 2 N–H and O–H groups in total. The Bertz CT molecular complexity index is 424. The minimum Gasteiger partial charge on any atom is -0.465 e. The van der Waals surface area contributed by atoms with Gasteiger partial charge in [0.05, 0.1) is 18.4 Å². The highest BCUT2D eigenvalue weighted by atomic mass is 32.2. The molecule has 1 amide bonds. The van der Waals surface area contributed by atoms with E-state index in [4.69, 9.17) is 5.11 Å². The van der Waals surface area contributed by atoms with E-state index in [0.717, 1.165) is 0 Å². The van der Waals surface area contributed by atoms with Crippen LogP contribution < -0.4 is 0 Å². The highest BCUT2D eigenvalue weighted by Crippen LogP contribution is 2.25. The highest BCUT2D eigenvalue weighted by Gasteiger charge is 2.42. The number of aliphatic hydroxyl groups excluding tert-OH is 1. The first-order valence-corrected chi connectivity index (χ1v) is 7.66. The first kappa shape index (κ1) is 13.6. The number of aliphatic hydroxyl groups is 1. The molecule has 2 rings (SSSR count). The molecule has 2 aliphatic heterocycles. The Morgan fingerprint density at radius 2 is 2.00 bits per heavy atom. The molecular weight excluding hydrogens is 260 g/mol. The topological polar surface area (TPSA) is 98.1 Å². The van der Waals surface area contributed by atoms with Crippen LogP contribution in [0.1, 0.15) is 19.3 Å². The van der Waals surface area contributed by atoms with Crippen molar-refractivity contribution in [3.05, 3.63) is 0 Å². The number of nitrogens with zero attached hydrogens (tertiary/aromatic N) is 2. The third-order valence-corrected chi connectivity index (χ3v) is 5.62. The normalized spacial score (nSPS) is 35.6. The number of fused-ring (bicyclic) bond motifs is 2. The second-order valence-electron chi connectivity index (χ2n) is 4.81. The predicted octanol–water partition coefficient (Wildman–Crippen LogP) is -0.475. The van der Waals surface area contributed by atoms with Gasteiger partial charge in [0.15, 0.2) is 0 Å². The molecular formula is C10H18N2O5S. The Morgan fingerprint density at radius 3 is 2.61 bits per heavy atom. The summed E-state index contributed by atoms with van der Waals surface area (Å²) in [5, 5.41) is 18.4. The Kier molecular flexibility index (Phi) is 3.79. The van der Waals surface area contributed by atoms with E-state index >= 15 is 0 Å². The molecule has 2 fully saturated rings. The van der Waals surface area contributed by atoms with Crippen molar-refractivity contribution in [3.8, 4) is 0 Å². The molecule has 3 unspecified atom stereocenters. The van der Waals surface area contributed by atoms with Crippen molar-refractivity contribution in [2.45, 2.75) is 31.3 Å². The summed E-state index contributed by atoms with van der Waals surface area (Å²) in [6, 6.07) is -0.944. The monoisotopic (exact) mass is 278 g/mol. The van der Waals surface area contributed by atoms with Crippen LogP contribution in [0.5, 0.6) is 0 Å². The number of hydrogen-bond acceptors (Lipinski definition) is 4. The molecule has 0 spiro atoms. The third-order valence-electron chi connectivity index (χ3n) is 3.65. The molecule has 104 valence electrons. The summed E-state index contributed by atoms with van der Waals surface area (Å²) in [4.78, 5) is 12.4. The first-order valence-electron chi connectivity index (χ1n) is 6.05. The molecule has 0 saturated carbocycles. The number of piperazine rings is 1. The van der Waals surface area contributed by atoms with Gasteiger partial charge in [0.2, 0.25) is 10.0 Å². The van der Waals surface area contributed by atoms with Gasteiger partial charge in [0, 0.05) is 19.1 Å². The van der Waals surface area contributed by atoms with E-state index in [-0.39, 0.29) is 31.5 Å². The molecule has 0 aromatic heterocycles. The zero-order valence-electron chi connectivity index (χ0n) is 10.0. The van der Waals surface area contributed by atoms with Crippen LogP contribution in [0.4, 0.5) is 4.79 Å². The van der Waals surface area contributed by atoms with E-state index in [1.807, 2.05) is 0 Å². The molecule has 2 saturated heterocycles. The maximum atomic E-state index is 12.1. The van der Waals surface area contributed by atoms with Crippen molar-refractivity contribution in [2.24, 2.45) is 0 Å². The van der Waals surface area contributed by atoms with Crippen molar-refractivity contribution in [1.82, 2.24) is 9.21 Å². The van der Waals surface area contributed by atoms with Gasteiger partial charge in [-0.2, -0.15) is 4.31 Å². The van der Waals surface area contributed by atoms with E-state index in [2.05, 4.69) is 0 Å². The fourth-order valence-electron chi connectivity index (χ4n) is 2.68. The van der Waals surface area contributed by atoms with Crippen LogP contribution in [0, 0.1) is 0 Å². The van der Waals surface area contributed by atoms with Crippen LogP contribution in [0.15, 0.2) is 0 Å². The van der Waals surface area contributed by atoms with E-state index < -0.39 is 22.2 Å². The summed E-state index contributed by atoms with van der Waals surface area (Å²) < 4.78 is 25.4. The zero-order chi connectivity index (χ0) is 13.3. The fourth-order valence-corrected chi connectivity index (χ4v) is 4.47.